The molecule has 0 aliphatic heterocycles. The molecule has 0 radical (unpaired) electrons. The largest absolute Gasteiger partial charge is 0.493 e. The molecule has 0 bridgehead atoms. The minimum Gasteiger partial charge on any atom is -0.493 e. The highest BCUT2D eigenvalue weighted by atomic mass is 35.5. The molecule has 0 aromatic heterocycles. The van der Waals surface area contributed by atoms with E-state index in [1.165, 1.54) is 25.7 Å². The Morgan fingerprint density at radius 3 is 2.78 bits per heavy atom. The van der Waals surface area contributed by atoms with E-state index in [2.05, 4.69) is 12.2 Å². The monoisotopic (exact) mass is 340 g/mol. The Morgan fingerprint density at radius 2 is 2.13 bits per heavy atom. The van der Waals surface area contributed by atoms with E-state index < -0.39 is 5.91 Å². The van der Waals surface area contributed by atoms with Crippen LogP contribution in [-0.2, 0) is 11.3 Å². The Balaban J connectivity index is 2.04. The lowest BCUT2D eigenvalue weighted by Crippen LogP contribution is -2.36. The highest BCUT2D eigenvalue weighted by Crippen LogP contribution is 2.36. The number of primary amides is 1. The molecule has 2 atom stereocenters. The van der Waals surface area contributed by atoms with Gasteiger partial charge in [-0.05, 0) is 36.5 Å². The van der Waals surface area contributed by atoms with Gasteiger partial charge in [-0.1, -0.05) is 31.4 Å². The second-order valence-corrected chi connectivity index (χ2v) is 6.52. The zero-order valence-corrected chi connectivity index (χ0v) is 14.5. The molecule has 0 saturated heterocycles. The van der Waals surface area contributed by atoms with Crippen molar-refractivity contribution in [3.05, 3.63) is 22.7 Å². The number of nitrogens with two attached hydrogens (primary N) is 1. The van der Waals surface area contributed by atoms with E-state index in [0.29, 0.717) is 28.5 Å². The van der Waals surface area contributed by atoms with E-state index in [1.807, 2.05) is 12.1 Å². The Kier molecular flexibility index (Phi) is 6.54. The minimum absolute atomic E-state index is 0.229. The zero-order chi connectivity index (χ0) is 16.8. The Hall–Kier alpha value is -1.46. The van der Waals surface area contributed by atoms with Crippen molar-refractivity contribution in [2.24, 2.45) is 11.7 Å². The van der Waals surface area contributed by atoms with Crippen LogP contribution in [0.25, 0.3) is 0 Å². The van der Waals surface area contributed by atoms with E-state index >= 15 is 0 Å². The van der Waals surface area contributed by atoms with E-state index in [-0.39, 0.29) is 6.61 Å². The maximum Gasteiger partial charge on any atom is 0.255 e. The average molecular weight is 341 g/mol. The van der Waals surface area contributed by atoms with Crippen LogP contribution in [0.5, 0.6) is 11.5 Å². The summed E-state index contributed by atoms with van der Waals surface area (Å²) < 4.78 is 10.7. The SMILES string of the molecule is COc1cc(CN[C@@H]2CCCC[C@@H]2C)cc(Cl)c1OCC(N)=O. The molecular formula is C17H25ClN2O3. The van der Waals surface area contributed by atoms with Crippen LogP contribution in [0.2, 0.25) is 5.02 Å². The molecule has 3 N–H and O–H groups in total. The number of carbonyl (C=O) groups excluding carboxylic acids is 1. The van der Waals surface area contributed by atoms with Crippen molar-refractivity contribution in [2.75, 3.05) is 13.7 Å². The summed E-state index contributed by atoms with van der Waals surface area (Å²) in [4.78, 5) is 10.9. The van der Waals surface area contributed by atoms with Crippen molar-refractivity contribution in [1.29, 1.82) is 0 Å². The summed E-state index contributed by atoms with van der Waals surface area (Å²) in [5.41, 5.74) is 6.12. The van der Waals surface area contributed by atoms with Crippen molar-refractivity contribution >= 4 is 17.5 Å². The summed E-state index contributed by atoms with van der Waals surface area (Å²) in [7, 11) is 1.54. The summed E-state index contributed by atoms with van der Waals surface area (Å²) >= 11 is 6.26. The molecule has 6 heteroatoms. The summed E-state index contributed by atoms with van der Waals surface area (Å²) in [5, 5.41) is 4.02. The van der Waals surface area contributed by atoms with Gasteiger partial charge in [0.05, 0.1) is 12.1 Å². The third-order valence-corrected chi connectivity index (χ3v) is 4.61. The lowest BCUT2D eigenvalue weighted by atomic mass is 9.86. The fourth-order valence-electron chi connectivity index (χ4n) is 3.03. The van der Waals surface area contributed by atoms with Crippen LogP contribution in [0, 0.1) is 5.92 Å². The third kappa shape index (κ3) is 5.01. The molecule has 0 heterocycles. The molecule has 128 valence electrons. The molecule has 1 fully saturated rings. The van der Waals surface area contributed by atoms with Gasteiger partial charge in [-0.2, -0.15) is 0 Å². The first-order valence-corrected chi connectivity index (χ1v) is 8.40. The molecule has 1 aromatic carbocycles. The summed E-state index contributed by atoms with van der Waals surface area (Å²) in [6.07, 6.45) is 5.10. The number of rotatable bonds is 7. The van der Waals surface area contributed by atoms with Crippen LogP contribution in [-0.4, -0.2) is 25.7 Å². The standard InChI is InChI=1S/C17H25ClN2O3/c1-11-5-3-4-6-14(11)20-9-12-7-13(18)17(15(8-12)22-2)23-10-16(19)21/h7-8,11,14,20H,3-6,9-10H2,1-2H3,(H2,19,21)/t11-,14+/m0/s1. The molecule has 0 unspecified atom stereocenters. The van der Waals surface area contributed by atoms with E-state index in [9.17, 15) is 4.79 Å². The van der Waals surface area contributed by atoms with Crippen LogP contribution in [0.15, 0.2) is 12.1 Å². The average Bonchev–Trinajstić information content (AvgIpc) is 2.52. The number of amides is 1. The van der Waals surface area contributed by atoms with E-state index in [1.54, 1.807) is 7.11 Å². The van der Waals surface area contributed by atoms with Crippen LogP contribution in [0.3, 0.4) is 0 Å². The number of nitrogens with one attached hydrogen (secondary N) is 1. The number of ether oxygens (including phenoxy) is 2. The van der Waals surface area contributed by atoms with Gasteiger partial charge >= 0.3 is 0 Å². The maximum atomic E-state index is 10.9. The molecule has 23 heavy (non-hydrogen) atoms. The van der Waals surface area contributed by atoms with Crippen LogP contribution < -0.4 is 20.5 Å². The maximum absolute atomic E-state index is 10.9. The molecule has 0 spiro atoms. The number of halogens is 1. The smallest absolute Gasteiger partial charge is 0.255 e. The van der Waals surface area contributed by atoms with Gasteiger partial charge in [0.15, 0.2) is 18.1 Å². The van der Waals surface area contributed by atoms with Crippen molar-refractivity contribution in [2.45, 2.75) is 45.2 Å². The summed E-state index contributed by atoms with van der Waals surface area (Å²) in [6, 6.07) is 4.25. The second-order valence-electron chi connectivity index (χ2n) is 6.11. The van der Waals surface area contributed by atoms with Crippen molar-refractivity contribution < 1.29 is 14.3 Å². The van der Waals surface area contributed by atoms with Crippen molar-refractivity contribution in [3.8, 4) is 11.5 Å². The molecule has 1 aliphatic carbocycles. The number of hydrogen-bond acceptors (Lipinski definition) is 4. The van der Waals surface area contributed by atoms with Gasteiger partial charge in [0.25, 0.3) is 5.91 Å². The number of benzene rings is 1. The lowest BCUT2D eigenvalue weighted by Gasteiger charge is -2.29. The van der Waals surface area contributed by atoms with Crippen molar-refractivity contribution in [3.63, 3.8) is 0 Å². The normalized spacial score (nSPS) is 21.0. The highest BCUT2D eigenvalue weighted by molar-refractivity contribution is 6.32. The summed E-state index contributed by atoms with van der Waals surface area (Å²) in [6.45, 7) is 2.79. The topological polar surface area (TPSA) is 73.6 Å². The van der Waals surface area contributed by atoms with Crippen LogP contribution in [0.1, 0.15) is 38.2 Å². The molecule has 1 aliphatic rings. The summed E-state index contributed by atoms with van der Waals surface area (Å²) in [5.74, 6) is 0.995. The van der Waals surface area contributed by atoms with Crippen LogP contribution in [0.4, 0.5) is 0 Å². The number of methoxy groups -OCH3 is 1. The van der Waals surface area contributed by atoms with Gasteiger partial charge in [0, 0.05) is 12.6 Å². The predicted octanol–water partition coefficient (Wildman–Crippen LogP) is 2.88. The minimum atomic E-state index is -0.555. The Labute approximate surface area is 142 Å². The Bertz CT molecular complexity index is 551. The van der Waals surface area contributed by atoms with Gasteiger partial charge in [-0.25, -0.2) is 0 Å². The van der Waals surface area contributed by atoms with Gasteiger partial charge in [-0.15, -0.1) is 0 Å². The molecule has 1 amide bonds. The quantitative estimate of drug-likeness (QED) is 0.800. The zero-order valence-electron chi connectivity index (χ0n) is 13.7. The lowest BCUT2D eigenvalue weighted by molar-refractivity contribution is -0.119. The molecule has 5 nitrogen and oxygen atoms in total. The van der Waals surface area contributed by atoms with Gasteiger partial charge in [0.2, 0.25) is 0 Å². The van der Waals surface area contributed by atoms with Crippen molar-refractivity contribution in [1.82, 2.24) is 5.32 Å². The molecular weight excluding hydrogens is 316 g/mol. The molecule has 1 aromatic rings. The Morgan fingerprint density at radius 1 is 1.39 bits per heavy atom. The highest BCUT2D eigenvalue weighted by Gasteiger charge is 2.21. The van der Waals surface area contributed by atoms with E-state index in [4.69, 9.17) is 26.8 Å². The number of hydrogen-bond donors (Lipinski definition) is 2. The van der Waals surface area contributed by atoms with Gasteiger partial charge in [-0.3, -0.25) is 4.79 Å². The predicted molar refractivity (Wildman–Crippen MR) is 91.0 cm³/mol. The first kappa shape index (κ1) is 17.9. The third-order valence-electron chi connectivity index (χ3n) is 4.33. The molecule has 1 saturated carbocycles. The second kappa shape index (κ2) is 8.41. The van der Waals surface area contributed by atoms with Gasteiger partial charge in [0.1, 0.15) is 0 Å². The number of carbonyl (C=O) groups is 1. The first-order valence-electron chi connectivity index (χ1n) is 8.02. The first-order chi connectivity index (χ1) is 11.0. The van der Waals surface area contributed by atoms with Gasteiger partial charge < -0.3 is 20.5 Å². The van der Waals surface area contributed by atoms with E-state index in [0.717, 1.165) is 12.1 Å². The van der Waals surface area contributed by atoms with Crippen LogP contribution >= 0.6 is 11.6 Å². The molecule has 2 rings (SSSR count). The fourth-order valence-corrected chi connectivity index (χ4v) is 3.31. The fraction of sp³-hybridized carbons (Fsp3) is 0.588.